The summed E-state index contributed by atoms with van der Waals surface area (Å²) in [5.41, 5.74) is 7.25. The van der Waals surface area contributed by atoms with Gasteiger partial charge in [-0.3, -0.25) is 0 Å². The summed E-state index contributed by atoms with van der Waals surface area (Å²) < 4.78 is 0. The Labute approximate surface area is 134 Å². The van der Waals surface area contributed by atoms with Crippen LogP contribution in [0.3, 0.4) is 0 Å². The third-order valence-electron chi connectivity index (χ3n) is 3.04. The van der Waals surface area contributed by atoms with E-state index in [4.69, 9.17) is 28.9 Å². The molecule has 3 N–H and O–H groups in total. The molecule has 0 amide bonds. The molecule has 2 aromatic rings. The number of nitrogens with zero attached hydrogens (tertiary/aromatic N) is 2. The second-order valence-electron chi connectivity index (χ2n) is 5.91. The maximum atomic E-state index is 6.17. The molecular weight excluding hydrogens is 307 g/mol. The van der Waals surface area contributed by atoms with Gasteiger partial charge in [-0.25, -0.2) is 9.97 Å². The molecule has 0 saturated heterocycles. The average molecular weight is 325 g/mol. The highest BCUT2D eigenvalue weighted by molar-refractivity contribution is 6.35. The quantitative estimate of drug-likeness (QED) is 0.839. The summed E-state index contributed by atoms with van der Waals surface area (Å²) in [6.07, 6.45) is 0. The van der Waals surface area contributed by atoms with Crippen LogP contribution in [-0.4, -0.2) is 9.97 Å². The summed E-state index contributed by atoms with van der Waals surface area (Å²) >= 11 is 12.2. The van der Waals surface area contributed by atoms with Gasteiger partial charge in [0, 0.05) is 16.0 Å². The van der Waals surface area contributed by atoms with Crippen LogP contribution in [0.25, 0.3) is 0 Å². The van der Waals surface area contributed by atoms with Crippen molar-refractivity contribution in [2.24, 2.45) is 0 Å². The van der Waals surface area contributed by atoms with Gasteiger partial charge in [-0.05, 0) is 25.1 Å². The minimum Gasteiger partial charge on any atom is -0.383 e. The molecule has 0 atom stereocenters. The van der Waals surface area contributed by atoms with Gasteiger partial charge in [0.05, 0.1) is 10.7 Å². The Morgan fingerprint density at radius 3 is 2.43 bits per heavy atom. The van der Waals surface area contributed by atoms with E-state index in [-0.39, 0.29) is 5.41 Å². The van der Waals surface area contributed by atoms with E-state index in [0.29, 0.717) is 33.2 Å². The topological polar surface area (TPSA) is 63.8 Å². The number of aromatic nitrogens is 2. The average Bonchev–Trinajstić information content (AvgIpc) is 2.37. The standard InChI is InChI=1S/C15H18Cl2N4/c1-8-12(18)20-14(15(2,3)4)21-13(8)19-11-7-9(16)5-6-10(11)17/h5-7H,1-4H3,(H3,18,19,20,21). The van der Waals surface area contributed by atoms with Crippen molar-refractivity contribution in [2.45, 2.75) is 33.1 Å². The summed E-state index contributed by atoms with van der Waals surface area (Å²) in [5, 5.41) is 4.35. The number of halogens is 2. The number of benzene rings is 1. The minimum absolute atomic E-state index is 0.198. The van der Waals surface area contributed by atoms with E-state index in [2.05, 4.69) is 15.3 Å². The van der Waals surface area contributed by atoms with Crippen LogP contribution in [-0.2, 0) is 5.41 Å². The van der Waals surface area contributed by atoms with Gasteiger partial charge in [-0.2, -0.15) is 0 Å². The van der Waals surface area contributed by atoms with Crippen molar-refractivity contribution in [3.63, 3.8) is 0 Å². The lowest BCUT2D eigenvalue weighted by atomic mass is 9.95. The molecule has 112 valence electrons. The van der Waals surface area contributed by atoms with Gasteiger partial charge in [-0.1, -0.05) is 44.0 Å². The number of nitrogens with one attached hydrogen (secondary N) is 1. The van der Waals surface area contributed by atoms with Crippen molar-refractivity contribution in [2.75, 3.05) is 11.1 Å². The predicted molar refractivity (Wildman–Crippen MR) is 89.6 cm³/mol. The molecule has 0 saturated carbocycles. The second kappa shape index (κ2) is 5.70. The van der Waals surface area contributed by atoms with Crippen molar-refractivity contribution in [3.8, 4) is 0 Å². The van der Waals surface area contributed by atoms with Gasteiger partial charge in [0.25, 0.3) is 0 Å². The van der Waals surface area contributed by atoms with Crippen LogP contribution >= 0.6 is 23.2 Å². The van der Waals surface area contributed by atoms with Gasteiger partial charge in [0.1, 0.15) is 17.5 Å². The molecule has 21 heavy (non-hydrogen) atoms. The van der Waals surface area contributed by atoms with Crippen molar-refractivity contribution in [1.29, 1.82) is 0 Å². The number of hydrogen-bond acceptors (Lipinski definition) is 4. The molecule has 0 aliphatic heterocycles. The Hall–Kier alpha value is -1.52. The van der Waals surface area contributed by atoms with E-state index in [1.54, 1.807) is 18.2 Å². The number of nitrogens with two attached hydrogens (primary N) is 1. The van der Waals surface area contributed by atoms with Crippen molar-refractivity contribution < 1.29 is 0 Å². The van der Waals surface area contributed by atoms with E-state index < -0.39 is 0 Å². The number of hydrogen-bond donors (Lipinski definition) is 2. The molecule has 1 aromatic heterocycles. The molecule has 0 aliphatic rings. The fraction of sp³-hybridized carbons (Fsp3) is 0.333. The fourth-order valence-electron chi connectivity index (χ4n) is 1.71. The summed E-state index contributed by atoms with van der Waals surface area (Å²) in [6.45, 7) is 7.97. The maximum absolute atomic E-state index is 6.17. The van der Waals surface area contributed by atoms with Crippen LogP contribution in [0.4, 0.5) is 17.3 Å². The second-order valence-corrected chi connectivity index (χ2v) is 6.75. The van der Waals surface area contributed by atoms with Gasteiger partial charge in [-0.15, -0.1) is 0 Å². The van der Waals surface area contributed by atoms with Crippen molar-refractivity contribution >= 4 is 40.5 Å². The zero-order valence-corrected chi connectivity index (χ0v) is 14.0. The lowest BCUT2D eigenvalue weighted by Crippen LogP contribution is -2.18. The molecule has 0 unspecified atom stereocenters. The molecule has 2 rings (SSSR count). The first-order chi connectivity index (χ1) is 9.68. The Balaban J connectivity index is 2.49. The Bertz CT molecular complexity index is 678. The third-order valence-corrected chi connectivity index (χ3v) is 3.60. The highest BCUT2D eigenvalue weighted by Gasteiger charge is 2.20. The minimum atomic E-state index is -0.198. The first-order valence-corrected chi connectivity index (χ1v) is 7.31. The highest BCUT2D eigenvalue weighted by atomic mass is 35.5. The van der Waals surface area contributed by atoms with Crippen LogP contribution in [0.15, 0.2) is 18.2 Å². The summed E-state index contributed by atoms with van der Waals surface area (Å²) in [5.74, 6) is 1.76. The Morgan fingerprint density at radius 1 is 1.14 bits per heavy atom. The zero-order valence-electron chi connectivity index (χ0n) is 12.5. The first kappa shape index (κ1) is 15.9. The maximum Gasteiger partial charge on any atom is 0.139 e. The van der Waals surface area contributed by atoms with Crippen molar-refractivity contribution in [3.05, 3.63) is 39.6 Å². The molecule has 0 aliphatic carbocycles. The number of anilines is 3. The van der Waals surface area contributed by atoms with E-state index >= 15 is 0 Å². The van der Waals surface area contributed by atoms with Crippen LogP contribution < -0.4 is 11.1 Å². The molecular formula is C15H18Cl2N4. The molecule has 0 radical (unpaired) electrons. The monoisotopic (exact) mass is 324 g/mol. The lowest BCUT2D eigenvalue weighted by molar-refractivity contribution is 0.546. The van der Waals surface area contributed by atoms with Gasteiger partial charge in [0.2, 0.25) is 0 Å². The number of rotatable bonds is 2. The van der Waals surface area contributed by atoms with E-state index in [1.807, 2.05) is 27.7 Å². The van der Waals surface area contributed by atoms with Gasteiger partial charge < -0.3 is 11.1 Å². The van der Waals surface area contributed by atoms with Crippen LogP contribution in [0.1, 0.15) is 32.2 Å². The lowest BCUT2D eigenvalue weighted by Gasteiger charge is -2.20. The molecule has 4 nitrogen and oxygen atoms in total. The van der Waals surface area contributed by atoms with Crippen molar-refractivity contribution in [1.82, 2.24) is 9.97 Å². The van der Waals surface area contributed by atoms with Gasteiger partial charge in [0.15, 0.2) is 0 Å². The molecule has 0 spiro atoms. The fourth-order valence-corrected chi connectivity index (χ4v) is 2.05. The summed E-state index contributed by atoms with van der Waals surface area (Å²) in [6, 6.07) is 5.21. The molecule has 1 heterocycles. The summed E-state index contributed by atoms with van der Waals surface area (Å²) in [4.78, 5) is 8.92. The molecule has 0 bridgehead atoms. The van der Waals surface area contributed by atoms with E-state index in [9.17, 15) is 0 Å². The Kier molecular flexibility index (Phi) is 4.30. The molecule has 6 heteroatoms. The largest absolute Gasteiger partial charge is 0.383 e. The molecule has 1 aromatic carbocycles. The third kappa shape index (κ3) is 3.57. The normalized spacial score (nSPS) is 11.5. The van der Waals surface area contributed by atoms with Gasteiger partial charge >= 0.3 is 0 Å². The van der Waals surface area contributed by atoms with E-state index in [1.165, 1.54) is 0 Å². The molecule has 0 fully saturated rings. The zero-order chi connectivity index (χ0) is 15.8. The van der Waals surface area contributed by atoms with Crippen LogP contribution in [0.2, 0.25) is 10.0 Å². The number of nitrogen functional groups attached to an aromatic ring is 1. The van der Waals surface area contributed by atoms with Crippen LogP contribution in [0, 0.1) is 6.92 Å². The van der Waals surface area contributed by atoms with Crippen LogP contribution in [0.5, 0.6) is 0 Å². The summed E-state index contributed by atoms with van der Waals surface area (Å²) in [7, 11) is 0. The Morgan fingerprint density at radius 2 is 1.81 bits per heavy atom. The first-order valence-electron chi connectivity index (χ1n) is 6.55. The SMILES string of the molecule is Cc1c(N)nc(C(C)(C)C)nc1Nc1cc(Cl)ccc1Cl. The van der Waals surface area contributed by atoms with E-state index in [0.717, 1.165) is 5.56 Å². The highest BCUT2D eigenvalue weighted by Crippen LogP contribution is 2.31. The predicted octanol–water partition coefficient (Wildman–Crippen LogP) is 4.72. The smallest absolute Gasteiger partial charge is 0.139 e.